The van der Waals surface area contributed by atoms with Gasteiger partial charge >= 0.3 is 0 Å². The van der Waals surface area contributed by atoms with Crippen molar-refractivity contribution >= 4 is 49.6 Å². The second-order valence-corrected chi connectivity index (χ2v) is 15.3. The fourth-order valence-electron chi connectivity index (χ4n) is 8.90. The normalized spacial score (nSPS) is 11.3. The van der Waals surface area contributed by atoms with Gasteiger partial charge in [-0.25, -0.2) is 0 Å². The highest BCUT2D eigenvalue weighted by Gasteiger charge is 2.21. The van der Waals surface area contributed by atoms with E-state index < -0.39 is 0 Å². The molecule has 1 heterocycles. The molecule has 0 aliphatic carbocycles. The largest absolute Gasteiger partial charge is 0.308 e. The van der Waals surface area contributed by atoms with E-state index in [1.165, 1.54) is 77.1 Å². The van der Waals surface area contributed by atoms with Crippen LogP contribution in [0.4, 0.5) is 17.1 Å². The van der Waals surface area contributed by atoms with Crippen molar-refractivity contribution in [2.75, 3.05) is 4.90 Å². The number of hydrogen-bond acceptors (Lipinski definition) is 1. The van der Waals surface area contributed by atoms with Crippen molar-refractivity contribution in [2.24, 2.45) is 0 Å². The number of anilines is 3. The molecule has 0 unspecified atom stereocenters. The monoisotopic (exact) mass is 764 g/mol. The zero-order valence-electron chi connectivity index (χ0n) is 33.0. The summed E-state index contributed by atoms with van der Waals surface area (Å²) in [6.07, 6.45) is 0. The number of para-hydroxylation sites is 4. The molecule has 2 heteroatoms. The van der Waals surface area contributed by atoms with Crippen LogP contribution >= 0.6 is 0 Å². The van der Waals surface area contributed by atoms with E-state index >= 15 is 0 Å². The summed E-state index contributed by atoms with van der Waals surface area (Å²) in [7, 11) is 0. The van der Waals surface area contributed by atoms with E-state index in [-0.39, 0.29) is 0 Å². The summed E-state index contributed by atoms with van der Waals surface area (Å²) in [5.74, 6) is 0. The first kappa shape index (κ1) is 35.2. The zero-order valence-corrected chi connectivity index (χ0v) is 33.0. The van der Waals surface area contributed by atoms with E-state index in [1.807, 2.05) is 0 Å². The molecule has 0 spiro atoms. The molecule has 282 valence electrons. The summed E-state index contributed by atoms with van der Waals surface area (Å²) in [6.45, 7) is 0. The highest BCUT2D eigenvalue weighted by atomic mass is 15.2. The lowest BCUT2D eigenvalue weighted by Crippen LogP contribution is -2.13. The maximum atomic E-state index is 2.42. The summed E-state index contributed by atoms with van der Waals surface area (Å²) >= 11 is 0. The van der Waals surface area contributed by atoms with Crippen LogP contribution in [0.1, 0.15) is 0 Å². The van der Waals surface area contributed by atoms with Gasteiger partial charge in [0.25, 0.3) is 0 Å². The molecule has 0 saturated heterocycles. The minimum absolute atomic E-state index is 1.08. The molecule has 60 heavy (non-hydrogen) atoms. The molecule has 10 aromatic carbocycles. The summed E-state index contributed by atoms with van der Waals surface area (Å²) < 4.78 is 2.42. The molecule has 0 fully saturated rings. The standard InChI is InChI=1S/C58H40N2/c1-2-16-43(17-3-1)51-21-6-7-22-52(51)44-33-37-50(38-34-44)59(57-27-12-13-28-58(57)60-55-25-10-8-23-53(55)54-24-9-11-26-56(54)60)49-35-31-42(32-36-49)46-19-14-20-47(39-46)48-30-29-41-15-4-5-18-45(41)40-48/h1-40H. The van der Waals surface area contributed by atoms with Crippen LogP contribution in [0.25, 0.3) is 82.8 Å². The lowest BCUT2D eigenvalue weighted by atomic mass is 9.94. The van der Waals surface area contributed by atoms with Crippen LogP contribution in [0.2, 0.25) is 0 Å². The number of fused-ring (bicyclic) bond motifs is 4. The molecule has 0 bridgehead atoms. The summed E-state index contributed by atoms with van der Waals surface area (Å²) in [5.41, 5.74) is 16.3. The number of aromatic nitrogens is 1. The van der Waals surface area contributed by atoms with Crippen LogP contribution in [-0.4, -0.2) is 4.57 Å². The van der Waals surface area contributed by atoms with Crippen molar-refractivity contribution in [3.05, 3.63) is 243 Å². The van der Waals surface area contributed by atoms with Crippen LogP contribution in [-0.2, 0) is 0 Å². The summed E-state index contributed by atoms with van der Waals surface area (Å²) in [4.78, 5) is 2.40. The van der Waals surface area contributed by atoms with Crippen molar-refractivity contribution < 1.29 is 0 Å². The Labute approximate surface area is 350 Å². The molecular weight excluding hydrogens is 725 g/mol. The maximum absolute atomic E-state index is 2.42. The average Bonchev–Trinajstić information content (AvgIpc) is 3.67. The summed E-state index contributed by atoms with van der Waals surface area (Å²) in [6, 6.07) is 87.9. The van der Waals surface area contributed by atoms with Crippen molar-refractivity contribution in [1.29, 1.82) is 0 Å². The van der Waals surface area contributed by atoms with Crippen LogP contribution in [0, 0.1) is 0 Å². The molecule has 0 N–H and O–H groups in total. The fourth-order valence-corrected chi connectivity index (χ4v) is 8.90. The number of benzene rings is 10. The molecule has 11 aromatic rings. The molecule has 0 amide bonds. The van der Waals surface area contributed by atoms with Gasteiger partial charge in [0.2, 0.25) is 0 Å². The fraction of sp³-hybridized carbons (Fsp3) is 0. The predicted molar refractivity (Wildman–Crippen MR) is 255 cm³/mol. The quantitative estimate of drug-likeness (QED) is 0.150. The van der Waals surface area contributed by atoms with E-state index in [1.54, 1.807) is 0 Å². The first-order chi connectivity index (χ1) is 29.8. The third kappa shape index (κ3) is 6.32. The van der Waals surface area contributed by atoms with Gasteiger partial charge in [0.1, 0.15) is 0 Å². The van der Waals surface area contributed by atoms with Crippen LogP contribution in [0.15, 0.2) is 243 Å². The highest BCUT2D eigenvalue weighted by Crippen LogP contribution is 2.43. The molecule has 0 radical (unpaired) electrons. The number of rotatable bonds is 8. The van der Waals surface area contributed by atoms with Gasteiger partial charge in [0.15, 0.2) is 0 Å². The Hall–Kier alpha value is -7.94. The number of hydrogen-bond donors (Lipinski definition) is 0. The first-order valence-electron chi connectivity index (χ1n) is 20.6. The van der Waals surface area contributed by atoms with Gasteiger partial charge in [0, 0.05) is 22.1 Å². The molecule has 1 aromatic heterocycles. The molecule has 11 rings (SSSR count). The molecule has 0 saturated carbocycles. The zero-order chi connectivity index (χ0) is 39.8. The SMILES string of the molecule is c1ccc(-c2ccccc2-c2ccc(N(c3ccc(-c4cccc(-c5ccc6ccccc6c5)c4)cc3)c3ccccc3-n3c4ccccc4c4ccccc43)cc2)cc1. The molecular formula is C58H40N2. The number of nitrogens with zero attached hydrogens (tertiary/aromatic N) is 2. The first-order valence-corrected chi connectivity index (χ1v) is 20.6. The van der Waals surface area contributed by atoms with Gasteiger partial charge in [-0.15, -0.1) is 0 Å². The Kier molecular flexibility index (Phi) is 8.87. The maximum Gasteiger partial charge on any atom is 0.0702 e. The predicted octanol–water partition coefficient (Wildman–Crippen LogP) is 16.1. The third-order valence-electron chi connectivity index (χ3n) is 11.8. The van der Waals surface area contributed by atoms with Crippen molar-refractivity contribution in [2.45, 2.75) is 0 Å². The Morgan fingerprint density at radius 2 is 0.750 bits per heavy atom. The Morgan fingerprint density at radius 1 is 0.283 bits per heavy atom. The second-order valence-electron chi connectivity index (χ2n) is 15.3. The van der Waals surface area contributed by atoms with E-state index in [2.05, 4.69) is 252 Å². The van der Waals surface area contributed by atoms with Crippen LogP contribution < -0.4 is 4.90 Å². The molecule has 0 atom stereocenters. The average molecular weight is 765 g/mol. The van der Waals surface area contributed by atoms with Crippen molar-refractivity contribution in [1.82, 2.24) is 4.57 Å². The minimum Gasteiger partial charge on any atom is -0.308 e. The Balaban J connectivity index is 1.04. The van der Waals surface area contributed by atoms with Crippen LogP contribution in [0.3, 0.4) is 0 Å². The topological polar surface area (TPSA) is 8.17 Å². The Morgan fingerprint density at radius 3 is 1.43 bits per heavy atom. The Bertz CT molecular complexity index is 3250. The van der Waals surface area contributed by atoms with Crippen molar-refractivity contribution in [3.8, 4) is 50.2 Å². The van der Waals surface area contributed by atoms with Gasteiger partial charge in [-0.3, -0.25) is 0 Å². The van der Waals surface area contributed by atoms with Gasteiger partial charge in [-0.1, -0.05) is 182 Å². The van der Waals surface area contributed by atoms with E-state index in [9.17, 15) is 0 Å². The van der Waals surface area contributed by atoms with Gasteiger partial charge in [-0.2, -0.15) is 0 Å². The third-order valence-corrected chi connectivity index (χ3v) is 11.8. The minimum atomic E-state index is 1.08. The lowest BCUT2D eigenvalue weighted by Gasteiger charge is -2.29. The smallest absolute Gasteiger partial charge is 0.0702 e. The van der Waals surface area contributed by atoms with E-state index in [4.69, 9.17) is 0 Å². The molecule has 2 nitrogen and oxygen atoms in total. The lowest BCUT2D eigenvalue weighted by molar-refractivity contribution is 1.15. The van der Waals surface area contributed by atoms with E-state index in [0.29, 0.717) is 0 Å². The molecule has 0 aliphatic heterocycles. The highest BCUT2D eigenvalue weighted by molar-refractivity contribution is 6.10. The van der Waals surface area contributed by atoms with E-state index in [0.717, 1.165) is 22.7 Å². The second kappa shape index (κ2) is 15.1. The van der Waals surface area contributed by atoms with Crippen molar-refractivity contribution in [3.63, 3.8) is 0 Å². The summed E-state index contributed by atoms with van der Waals surface area (Å²) in [5, 5.41) is 4.99. The van der Waals surface area contributed by atoms with Gasteiger partial charge in [-0.05, 0) is 116 Å². The molecule has 0 aliphatic rings. The van der Waals surface area contributed by atoms with Gasteiger partial charge < -0.3 is 9.47 Å². The van der Waals surface area contributed by atoms with Gasteiger partial charge in [0.05, 0.1) is 22.4 Å². The van der Waals surface area contributed by atoms with Crippen LogP contribution in [0.5, 0.6) is 0 Å².